The van der Waals surface area contributed by atoms with E-state index in [4.69, 9.17) is 0 Å². The average Bonchev–Trinajstić information content (AvgIpc) is 3.40. The van der Waals surface area contributed by atoms with E-state index in [0.717, 1.165) is 61.5 Å². The number of aryl methyl sites for hydroxylation is 2. The van der Waals surface area contributed by atoms with Gasteiger partial charge in [-0.1, -0.05) is 49.6 Å². The first kappa shape index (κ1) is 22.9. The summed E-state index contributed by atoms with van der Waals surface area (Å²) in [6.45, 7) is 13.4. The number of hydrogen-bond acceptors (Lipinski definition) is 2. The molecule has 2 aromatic carbocycles. The largest absolute Gasteiger partial charge is 0.357 e. The highest BCUT2D eigenvalue weighted by Crippen LogP contribution is 2.34. The number of hydrogen-bond donors (Lipinski definition) is 2. The van der Waals surface area contributed by atoms with Gasteiger partial charge in [-0.05, 0) is 67.8 Å². The molecule has 0 saturated carbocycles. The average molecular weight is 451 g/mol. The second-order valence-electron chi connectivity index (χ2n) is 8.08. The van der Waals surface area contributed by atoms with E-state index in [2.05, 4.69) is 45.5 Å². The van der Waals surface area contributed by atoms with Crippen LogP contribution in [0, 0.1) is 19.7 Å². The van der Waals surface area contributed by atoms with Crippen molar-refractivity contribution in [3.05, 3.63) is 114 Å². The topological polar surface area (TPSA) is 56.8 Å². The summed E-state index contributed by atoms with van der Waals surface area (Å²) >= 11 is 0. The SMILES string of the molecule is C=CC=N/C(=C\C)c1ccc2[nH]nc(-c3cc(/C(=C\C=C)c4cc(C)cc(F)c4)c(C)[nH]3)c2c1. The lowest BCUT2D eigenvalue weighted by Gasteiger charge is -2.09. The van der Waals surface area contributed by atoms with Crippen molar-refractivity contribution in [3.8, 4) is 11.4 Å². The number of halogens is 1. The number of aliphatic imine (C=N–C) groups is 1. The minimum absolute atomic E-state index is 0.261. The van der Waals surface area contributed by atoms with Crippen LogP contribution in [0.25, 0.3) is 33.6 Å². The van der Waals surface area contributed by atoms with Gasteiger partial charge in [0.05, 0.1) is 16.9 Å². The van der Waals surface area contributed by atoms with Crippen LogP contribution in [0.1, 0.15) is 34.9 Å². The van der Waals surface area contributed by atoms with E-state index in [1.165, 1.54) is 6.07 Å². The number of allylic oxidation sites excluding steroid dienone is 4. The van der Waals surface area contributed by atoms with E-state index in [1.54, 1.807) is 24.4 Å². The lowest BCUT2D eigenvalue weighted by molar-refractivity contribution is 0.626. The predicted molar refractivity (Wildman–Crippen MR) is 141 cm³/mol. The summed E-state index contributed by atoms with van der Waals surface area (Å²) in [4.78, 5) is 7.93. The highest BCUT2D eigenvalue weighted by Gasteiger charge is 2.17. The number of nitrogens with one attached hydrogen (secondary N) is 2. The molecule has 170 valence electrons. The maximum atomic E-state index is 14.2. The molecule has 4 rings (SSSR count). The van der Waals surface area contributed by atoms with E-state index in [1.807, 2.05) is 51.1 Å². The third-order valence-electron chi connectivity index (χ3n) is 5.65. The van der Waals surface area contributed by atoms with E-state index in [9.17, 15) is 4.39 Å². The van der Waals surface area contributed by atoms with Crippen molar-refractivity contribution in [3.63, 3.8) is 0 Å². The Balaban J connectivity index is 1.82. The van der Waals surface area contributed by atoms with Crippen LogP contribution in [-0.2, 0) is 0 Å². The summed E-state index contributed by atoms with van der Waals surface area (Å²) in [5.74, 6) is -0.261. The summed E-state index contributed by atoms with van der Waals surface area (Å²) in [6.07, 6.45) is 8.93. The van der Waals surface area contributed by atoms with Crippen molar-refractivity contribution in [1.82, 2.24) is 15.2 Å². The molecule has 0 atom stereocenters. The fourth-order valence-corrected chi connectivity index (χ4v) is 4.14. The molecule has 0 saturated heterocycles. The summed E-state index contributed by atoms with van der Waals surface area (Å²) in [5.41, 5.74) is 8.95. The Morgan fingerprint density at radius 3 is 2.56 bits per heavy atom. The Labute approximate surface area is 199 Å². The maximum Gasteiger partial charge on any atom is 0.124 e. The van der Waals surface area contributed by atoms with Crippen molar-refractivity contribution < 1.29 is 4.39 Å². The Hall–Kier alpha value is -4.25. The molecule has 0 amide bonds. The molecule has 2 heterocycles. The zero-order valence-electron chi connectivity index (χ0n) is 19.6. The fraction of sp³-hybridized carbons (Fsp3) is 0.103. The van der Waals surface area contributed by atoms with Crippen molar-refractivity contribution in [2.24, 2.45) is 4.99 Å². The van der Waals surface area contributed by atoms with E-state index >= 15 is 0 Å². The van der Waals surface area contributed by atoms with Crippen molar-refractivity contribution in [1.29, 1.82) is 0 Å². The molecule has 0 spiro atoms. The van der Waals surface area contributed by atoms with Crippen LogP contribution in [0.4, 0.5) is 4.39 Å². The van der Waals surface area contributed by atoms with Gasteiger partial charge in [-0.25, -0.2) is 4.39 Å². The number of aromatic nitrogens is 3. The van der Waals surface area contributed by atoms with Gasteiger partial charge in [0.15, 0.2) is 0 Å². The number of nitrogens with zero attached hydrogens (tertiary/aromatic N) is 2. The minimum Gasteiger partial charge on any atom is -0.357 e. The van der Waals surface area contributed by atoms with Crippen molar-refractivity contribution in [2.75, 3.05) is 0 Å². The molecule has 34 heavy (non-hydrogen) atoms. The number of benzene rings is 2. The molecular weight excluding hydrogens is 423 g/mol. The standard InChI is InChI=1S/C29H27FN4/c1-6-9-23(21-13-18(4)14-22(30)15-21)24-17-28(32-19(24)5)29-25-16-20(10-11-27(25)33-34-29)26(8-3)31-12-7-2/h6-17,32H,1-2H2,3-5H3,(H,33,34)/b23-9-,26-8-,31-12?. The van der Waals surface area contributed by atoms with Crippen molar-refractivity contribution >= 4 is 28.4 Å². The van der Waals surface area contributed by atoms with E-state index in [0.29, 0.717) is 0 Å². The zero-order chi connectivity index (χ0) is 24.2. The van der Waals surface area contributed by atoms with Gasteiger partial charge in [0, 0.05) is 28.4 Å². The van der Waals surface area contributed by atoms with Crippen molar-refractivity contribution in [2.45, 2.75) is 20.8 Å². The van der Waals surface area contributed by atoms with Crippen LogP contribution in [0.5, 0.6) is 0 Å². The Morgan fingerprint density at radius 1 is 1.03 bits per heavy atom. The second kappa shape index (κ2) is 9.71. The Kier molecular flexibility index (Phi) is 6.55. The van der Waals surface area contributed by atoms with Gasteiger partial charge < -0.3 is 4.98 Å². The van der Waals surface area contributed by atoms with Gasteiger partial charge in [-0.3, -0.25) is 10.1 Å². The predicted octanol–water partition coefficient (Wildman–Crippen LogP) is 7.55. The quantitative estimate of drug-likeness (QED) is 0.222. The summed E-state index contributed by atoms with van der Waals surface area (Å²) in [6, 6.07) is 13.2. The molecule has 0 radical (unpaired) electrons. The first-order valence-corrected chi connectivity index (χ1v) is 11.1. The number of H-pyrrole nitrogens is 2. The molecule has 0 bridgehead atoms. The summed E-state index contributed by atoms with van der Waals surface area (Å²) in [5, 5.41) is 8.68. The molecule has 4 aromatic rings. The van der Waals surface area contributed by atoms with Gasteiger partial charge in [0.2, 0.25) is 0 Å². The third-order valence-corrected chi connectivity index (χ3v) is 5.65. The van der Waals surface area contributed by atoms with Crippen LogP contribution in [0.15, 0.2) is 84.9 Å². The van der Waals surface area contributed by atoms with Gasteiger partial charge >= 0.3 is 0 Å². The normalized spacial score (nSPS) is 12.6. The Morgan fingerprint density at radius 2 is 1.85 bits per heavy atom. The van der Waals surface area contributed by atoms with Crippen LogP contribution in [-0.4, -0.2) is 21.4 Å². The molecule has 0 unspecified atom stereocenters. The summed E-state index contributed by atoms with van der Waals surface area (Å²) < 4.78 is 14.2. The van der Waals surface area contributed by atoms with Crippen LogP contribution < -0.4 is 0 Å². The van der Waals surface area contributed by atoms with Gasteiger partial charge in [-0.2, -0.15) is 5.10 Å². The highest BCUT2D eigenvalue weighted by molar-refractivity contribution is 5.96. The smallest absolute Gasteiger partial charge is 0.124 e. The monoisotopic (exact) mass is 450 g/mol. The minimum atomic E-state index is -0.261. The zero-order valence-corrected chi connectivity index (χ0v) is 19.6. The van der Waals surface area contributed by atoms with Crippen LogP contribution in [0.3, 0.4) is 0 Å². The van der Waals surface area contributed by atoms with E-state index in [-0.39, 0.29) is 5.82 Å². The maximum absolute atomic E-state index is 14.2. The Bertz CT molecular complexity index is 1460. The molecule has 5 heteroatoms. The molecule has 2 aromatic heterocycles. The molecule has 0 fully saturated rings. The second-order valence-corrected chi connectivity index (χ2v) is 8.08. The molecular formula is C29H27FN4. The molecule has 2 N–H and O–H groups in total. The van der Waals surface area contributed by atoms with Crippen LogP contribution >= 0.6 is 0 Å². The number of aromatic amines is 2. The lowest BCUT2D eigenvalue weighted by Crippen LogP contribution is -1.91. The van der Waals surface area contributed by atoms with Gasteiger partial charge in [0.25, 0.3) is 0 Å². The first-order valence-electron chi connectivity index (χ1n) is 11.1. The third kappa shape index (κ3) is 4.46. The molecule has 0 aliphatic heterocycles. The molecule has 4 nitrogen and oxygen atoms in total. The fourth-order valence-electron chi connectivity index (χ4n) is 4.14. The summed E-state index contributed by atoms with van der Waals surface area (Å²) in [7, 11) is 0. The number of rotatable bonds is 7. The van der Waals surface area contributed by atoms with Gasteiger partial charge in [-0.15, -0.1) is 0 Å². The number of fused-ring (bicyclic) bond motifs is 1. The van der Waals surface area contributed by atoms with Gasteiger partial charge in [0.1, 0.15) is 11.5 Å². The highest BCUT2D eigenvalue weighted by atomic mass is 19.1. The van der Waals surface area contributed by atoms with Crippen LogP contribution in [0.2, 0.25) is 0 Å². The van der Waals surface area contributed by atoms with E-state index < -0.39 is 0 Å². The molecule has 0 aliphatic carbocycles. The first-order chi connectivity index (χ1) is 16.4. The molecule has 0 aliphatic rings. The lowest BCUT2D eigenvalue weighted by atomic mass is 9.96.